The molecule has 3 aromatic rings. The Hall–Kier alpha value is -2.73. The highest BCUT2D eigenvalue weighted by molar-refractivity contribution is 7.80. The van der Waals surface area contributed by atoms with E-state index in [9.17, 15) is 4.39 Å². The number of aromatic nitrogens is 2. The van der Waals surface area contributed by atoms with Crippen LogP contribution in [0.4, 0.5) is 4.39 Å². The molecule has 0 unspecified atom stereocenters. The number of aryl methyl sites for hydroxylation is 1. The van der Waals surface area contributed by atoms with E-state index in [1.54, 1.807) is 12.1 Å². The Labute approximate surface area is 182 Å². The predicted molar refractivity (Wildman–Crippen MR) is 122 cm³/mol. The number of hydrogen-bond donors (Lipinski definition) is 1. The number of halogens is 1. The molecule has 0 aliphatic carbocycles. The number of benzene rings is 1. The van der Waals surface area contributed by atoms with Crippen molar-refractivity contribution in [2.45, 2.75) is 39.8 Å². The van der Waals surface area contributed by atoms with Gasteiger partial charge in [-0.15, -0.1) is 0 Å². The van der Waals surface area contributed by atoms with Gasteiger partial charge in [0, 0.05) is 29.8 Å². The maximum atomic E-state index is 13.9. The summed E-state index contributed by atoms with van der Waals surface area (Å²) in [5, 5.41) is 4.25. The quantitative estimate of drug-likeness (QED) is 0.569. The van der Waals surface area contributed by atoms with E-state index in [0.29, 0.717) is 5.92 Å². The van der Waals surface area contributed by atoms with Crippen LogP contribution >= 0.6 is 12.2 Å². The van der Waals surface area contributed by atoms with Gasteiger partial charge in [0.15, 0.2) is 5.11 Å². The molecular formula is C24H27FN4S. The van der Waals surface area contributed by atoms with Gasteiger partial charge < -0.3 is 14.8 Å². The highest BCUT2D eigenvalue weighted by Crippen LogP contribution is 2.41. The summed E-state index contributed by atoms with van der Waals surface area (Å²) in [5.74, 6) is 0.222. The number of hydrogen-bond acceptors (Lipinski definition) is 2. The van der Waals surface area contributed by atoms with E-state index in [1.165, 1.54) is 11.6 Å². The molecule has 1 N–H and O–H groups in total. The Kier molecular flexibility index (Phi) is 5.60. The minimum Gasteiger partial charge on any atom is -0.352 e. The number of rotatable bonds is 5. The number of thiocarbonyl (C=S) groups is 1. The Morgan fingerprint density at radius 1 is 1.13 bits per heavy atom. The molecule has 156 valence electrons. The molecule has 0 bridgehead atoms. The zero-order chi connectivity index (χ0) is 21.4. The van der Waals surface area contributed by atoms with E-state index in [0.717, 1.165) is 34.4 Å². The lowest BCUT2D eigenvalue weighted by Gasteiger charge is -2.29. The molecular weight excluding hydrogens is 395 g/mol. The first-order valence-electron chi connectivity index (χ1n) is 10.3. The summed E-state index contributed by atoms with van der Waals surface area (Å²) in [4.78, 5) is 6.88. The Morgan fingerprint density at radius 3 is 2.60 bits per heavy atom. The molecule has 0 amide bonds. The summed E-state index contributed by atoms with van der Waals surface area (Å²) < 4.78 is 16.0. The molecule has 4 rings (SSSR count). The number of pyridine rings is 1. The van der Waals surface area contributed by atoms with Crippen molar-refractivity contribution in [3.63, 3.8) is 0 Å². The van der Waals surface area contributed by atoms with Crippen molar-refractivity contribution in [1.29, 1.82) is 0 Å². The summed E-state index contributed by atoms with van der Waals surface area (Å²) in [6.45, 7) is 9.40. The first kappa shape index (κ1) is 20.5. The van der Waals surface area contributed by atoms with E-state index < -0.39 is 0 Å². The Morgan fingerprint density at radius 2 is 1.93 bits per heavy atom. The fourth-order valence-electron chi connectivity index (χ4n) is 4.43. The van der Waals surface area contributed by atoms with Gasteiger partial charge in [0.05, 0.1) is 17.8 Å². The second-order valence-corrected chi connectivity index (χ2v) is 8.70. The van der Waals surface area contributed by atoms with Crippen LogP contribution in [0.3, 0.4) is 0 Å². The first-order valence-corrected chi connectivity index (χ1v) is 10.7. The first-order chi connectivity index (χ1) is 14.4. The molecule has 2 atom stereocenters. The van der Waals surface area contributed by atoms with Crippen molar-refractivity contribution >= 4 is 17.3 Å². The normalized spacial score (nSPS) is 18.9. The van der Waals surface area contributed by atoms with Crippen molar-refractivity contribution in [3.8, 4) is 5.69 Å². The van der Waals surface area contributed by atoms with Gasteiger partial charge in [-0.05, 0) is 73.9 Å². The van der Waals surface area contributed by atoms with Crippen LogP contribution in [0.25, 0.3) is 5.69 Å². The van der Waals surface area contributed by atoms with Crippen molar-refractivity contribution in [2.75, 3.05) is 6.54 Å². The summed E-state index contributed by atoms with van der Waals surface area (Å²) in [7, 11) is 0. The molecule has 1 aliphatic rings. The molecule has 4 nitrogen and oxygen atoms in total. The molecule has 0 spiro atoms. The molecule has 1 aromatic carbocycles. The van der Waals surface area contributed by atoms with Crippen LogP contribution in [0.5, 0.6) is 0 Å². The van der Waals surface area contributed by atoms with Crippen LogP contribution in [-0.2, 0) is 0 Å². The largest absolute Gasteiger partial charge is 0.352 e. The van der Waals surface area contributed by atoms with Crippen LogP contribution < -0.4 is 5.32 Å². The average molecular weight is 423 g/mol. The van der Waals surface area contributed by atoms with Gasteiger partial charge in [-0.1, -0.05) is 26.0 Å². The molecule has 30 heavy (non-hydrogen) atoms. The van der Waals surface area contributed by atoms with Gasteiger partial charge >= 0.3 is 0 Å². The standard InChI is InChI=1S/C24H27FN4S/c1-15(2)14-28-23(22(27-24(28)30)21-10-5-6-11-26-21)20-12-16(3)29(17(20)4)19-9-7-8-18(25)13-19/h5-13,15,22-23H,14H2,1-4H3,(H,27,30)/t22-,23+/m1/s1. The number of nitrogens with one attached hydrogen (secondary N) is 1. The monoisotopic (exact) mass is 422 g/mol. The van der Waals surface area contributed by atoms with Gasteiger partial charge in [0.25, 0.3) is 0 Å². The molecule has 1 saturated heterocycles. The van der Waals surface area contributed by atoms with Crippen LogP contribution in [0, 0.1) is 25.6 Å². The lowest BCUT2D eigenvalue weighted by molar-refractivity contribution is 0.287. The van der Waals surface area contributed by atoms with Crippen molar-refractivity contribution < 1.29 is 4.39 Å². The van der Waals surface area contributed by atoms with Gasteiger partial charge in [-0.3, -0.25) is 4.98 Å². The molecule has 2 aromatic heterocycles. The lowest BCUT2D eigenvalue weighted by atomic mass is 9.96. The zero-order valence-corrected chi connectivity index (χ0v) is 18.6. The molecule has 3 heterocycles. The van der Waals surface area contributed by atoms with Crippen molar-refractivity contribution in [3.05, 3.63) is 83.2 Å². The van der Waals surface area contributed by atoms with Gasteiger partial charge in [0.2, 0.25) is 0 Å². The molecule has 0 radical (unpaired) electrons. The second-order valence-electron chi connectivity index (χ2n) is 8.31. The fraction of sp³-hybridized carbons (Fsp3) is 0.333. The second kappa shape index (κ2) is 8.19. The summed E-state index contributed by atoms with van der Waals surface area (Å²) in [5.41, 5.74) is 5.13. The van der Waals surface area contributed by atoms with E-state index >= 15 is 0 Å². The lowest BCUT2D eigenvalue weighted by Crippen LogP contribution is -2.33. The third-order valence-electron chi connectivity index (χ3n) is 5.61. The smallest absolute Gasteiger partial charge is 0.170 e. The van der Waals surface area contributed by atoms with E-state index in [1.807, 2.05) is 30.5 Å². The molecule has 6 heteroatoms. The highest BCUT2D eigenvalue weighted by Gasteiger charge is 2.41. The van der Waals surface area contributed by atoms with Crippen LogP contribution in [-0.4, -0.2) is 26.1 Å². The maximum Gasteiger partial charge on any atom is 0.170 e. The van der Waals surface area contributed by atoms with Crippen LogP contribution in [0.1, 0.15) is 48.6 Å². The summed E-state index contributed by atoms with van der Waals surface area (Å²) >= 11 is 5.74. The topological polar surface area (TPSA) is 33.1 Å². The third-order valence-corrected chi connectivity index (χ3v) is 5.97. The van der Waals surface area contributed by atoms with E-state index in [2.05, 4.69) is 53.5 Å². The van der Waals surface area contributed by atoms with Crippen molar-refractivity contribution in [2.24, 2.45) is 5.92 Å². The van der Waals surface area contributed by atoms with E-state index in [4.69, 9.17) is 12.2 Å². The Bertz CT molecular complexity index is 1060. The van der Waals surface area contributed by atoms with E-state index in [-0.39, 0.29) is 17.9 Å². The van der Waals surface area contributed by atoms with Crippen LogP contribution in [0.15, 0.2) is 54.7 Å². The minimum absolute atomic E-state index is 0.0170. The molecule has 0 saturated carbocycles. The predicted octanol–water partition coefficient (Wildman–Crippen LogP) is 5.26. The van der Waals surface area contributed by atoms with Crippen molar-refractivity contribution in [1.82, 2.24) is 19.8 Å². The van der Waals surface area contributed by atoms with Gasteiger partial charge in [0.1, 0.15) is 5.82 Å². The minimum atomic E-state index is -0.238. The highest BCUT2D eigenvalue weighted by atomic mass is 32.1. The number of nitrogens with zero attached hydrogens (tertiary/aromatic N) is 3. The SMILES string of the molecule is Cc1cc([C@H]2[C@@H](c3ccccn3)NC(=S)N2CC(C)C)c(C)n1-c1cccc(F)c1. The Balaban J connectivity index is 1.84. The zero-order valence-electron chi connectivity index (χ0n) is 17.8. The van der Waals surface area contributed by atoms with Gasteiger partial charge in [-0.25, -0.2) is 4.39 Å². The summed E-state index contributed by atoms with van der Waals surface area (Å²) in [6, 6.07) is 14.9. The van der Waals surface area contributed by atoms with Crippen LogP contribution in [0.2, 0.25) is 0 Å². The van der Waals surface area contributed by atoms with Gasteiger partial charge in [-0.2, -0.15) is 0 Å². The fourth-order valence-corrected chi connectivity index (χ4v) is 4.75. The molecule has 1 fully saturated rings. The molecule has 1 aliphatic heterocycles. The average Bonchev–Trinajstić information content (AvgIpc) is 3.18. The summed E-state index contributed by atoms with van der Waals surface area (Å²) in [6.07, 6.45) is 1.82. The maximum absolute atomic E-state index is 13.9. The third kappa shape index (κ3) is 3.72.